The van der Waals surface area contributed by atoms with Crippen LogP contribution in [0, 0.1) is 13.8 Å². The van der Waals surface area contributed by atoms with E-state index in [0.29, 0.717) is 16.9 Å². The third-order valence-corrected chi connectivity index (χ3v) is 4.69. The van der Waals surface area contributed by atoms with Gasteiger partial charge in [-0.25, -0.2) is 0 Å². The molecule has 1 heterocycles. The van der Waals surface area contributed by atoms with E-state index in [2.05, 4.69) is 10.4 Å². The molecule has 3 N–H and O–H groups in total. The van der Waals surface area contributed by atoms with Gasteiger partial charge in [0.25, 0.3) is 11.8 Å². The summed E-state index contributed by atoms with van der Waals surface area (Å²) in [6.07, 6.45) is 1.38. The lowest BCUT2D eigenvalue weighted by molar-refractivity contribution is 0.0992. The molecule has 0 saturated carbocycles. The van der Waals surface area contributed by atoms with Gasteiger partial charge in [-0.2, -0.15) is 5.10 Å². The maximum Gasteiger partial charge on any atom is 0.269 e. The monoisotopic (exact) mass is 408 g/mol. The molecule has 8 nitrogen and oxygen atoms in total. The van der Waals surface area contributed by atoms with Crippen LogP contribution in [0.4, 0.5) is 5.69 Å². The zero-order valence-electron chi connectivity index (χ0n) is 17.4. The summed E-state index contributed by atoms with van der Waals surface area (Å²) in [7, 11) is 3.14. The predicted molar refractivity (Wildman–Crippen MR) is 113 cm³/mol. The van der Waals surface area contributed by atoms with Gasteiger partial charge < -0.3 is 20.5 Å². The number of hydrogen-bond donors (Lipinski definition) is 2. The third kappa shape index (κ3) is 4.43. The van der Waals surface area contributed by atoms with Crippen LogP contribution in [-0.4, -0.2) is 28.7 Å². The van der Waals surface area contributed by atoms with Gasteiger partial charge in [-0.3, -0.25) is 14.3 Å². The summed E-state index contributed by atoms with van der Waals surface area (Å²) in [5, 5.41) is 6.65. The quantitative estimate of drug-likeness (QED) is 0.625. The van der Waals surface area contributed by atoms with Crippen LogP contribution in [0.25, 0.3) is 0 Å². The van der Waals surface area contributed by atoms with Crippen molar-refractivity contribution in [1.29, 1.82) is 0 Å². The summed E-state index contributed by atoms with van der Waals surface area (Å²) < 4.78 is 12.7. The fourth-order valence-corrected chi connectivity index (χ4v) is 3.07. The predicted octanol–water partition coefficient (Wildman–Crippen LogP) is 2.98. The summed E-state index contributed by atoms with van der Waals surface area (Å²) in [4.78, 5) is 24.3. The highest BCUT2D eigenvalue weighted by Crippen LogP contribution is 2.25. The van der Waals surface area contributed by atoms with Crippen molar-refractivity contribution in [2.45, 2.75) is 20.5 Å². The molecule has 30 heavy (non-hydrogen) atoms. The van der Waals surface area contributed by atoms with Crippen LogP contribution in [-0.2, 0) is 13.7 Å². The van der Waals surface area contributed by atoms with Gasteiger partial charge in [-0.1, -0.05) is 12.1 Å². The van der Waals surface area contributed by atoms with E-state index in [-0.39, 0.29) is 18.0 Å². The smallest absolute Gasteiger partial charge is 0.269 e. The first-order valence-electron chi connectivity index (χ1n) is 9.30. The Morgan fingerprint density at radius 1 is 1.13 bits per heavy atom. The largest absolute Gasteiger partial charge is 0.496 e. The van der Waals surface area contributed by atoms with Gasteiger partial charge in [0, 0.05) is 18.2 Å². The number of carbonyl (C=O) groups is 2. The van der Waals surface area contributed by atoms with Crippen molar-refractivity contribution in [3.63, 3.8) is 0 Å². The zero-order chi connectivity index (χ0) is 21.8. The van der Waals surface area contributed by atoms with E-state index in [1.807, 2.05) is 32.0 Å². The van der Waals surface area contributed by atoms with Gasteiger partial charge in [0.1, 0.15) is 23.8 Å². The number of aromatic nitrogens is 2. The van der Waals surface area contributed by atoms with Gasteiger partial charge in [0.2, 0.25) is 0 Å². The number of nitrogens with two attached hydrogens (primary N) is 1. The Morgan fingerprint density at radius 2 is 1.90 bits per heavy atom. The van der Waals surface area contributed by atoms with E-state index >= 15 is 0 Å². The zero-order valence-corrected chi connectivity index (χ0v) is 17.4. The number of benzene rings is 2. The number of primary amides is 1. The van der Waals surface area contributed by atoms with Crippen LogP contribution < -0.4 is 20.5 Å². The van der Waals surface area contributed by atoms with Crippen molar-refractivity contribution in [3.8, 4) is 11.5 Å². The lowest BCUT2D eigenvalue weighted by atomic mass is 10.1. The number of nitrogens with zero attached hydrogens (tertiary/aromatic N) is 2. The molecule has 0 atom stereocenters. The number of amides is 2. The molecular formula is C22H24N4O4. The average Bonchev–Trinajstić information content (AvgIpc) is 3.08. The number of hydrogen-bond acceptors (Lipinski definition) is 5. The highest BCUT2D eigenvalue weighted by molar-refractivity contribution is 6.08. The summed E-state index contributed by atoms with van der Waals surface area (Å²) in [5.74, 6) is 0.299. The second kappa shape index (κ2) is 8.69. The Bertz CT molecular complexity index is 1100. The second-order valence-corrected chi connectivity index (χ2v) is 6.93. The van der Waals surface area contributed by atoms with Crippen molar-refractivity contribution < 1.29 is 19.1 Å². The molecule has 1 aromatic heterocycles. The van der Waals surface area contributed by atoms with Gasteiger partial charge in [-0.15, -0.1) is 0 Å². The van der Waals surface area contributed by atoms with Crippen molar-refractivity contribution in [1.82, 2.24) is 9.78 Å². The van der Waals surface area contributed by atoms with Crippen LogP contribution in [0.1, 0.15) is 37.5 Å². The van der Waals surface area contributed by atoms with E-state index in [1.165, 1.54) is 10.9 Å². The minimum Gasteiger partial charge on any atom is -0.496 e. The minimum atomic E-state index is -0.678. The fourth-order valence-electron chi connectivity index (χ4n) is 3.07. The Labute approximate surface area is 174 Å². The van der Waals surface area contributed by atoms with Crippen LogP contribution in [0.2, 0.25) is 0 Å². The van der Waals surface area contributed by atoms with Crippen molar-refractivity contribution in [2.75, 3.05) is 12.4 Å². The van der Waals surface area contributed by atoms with Crippen molar-refractivity contribution in [2.24, 2.45) is 12.8 Å². The maximum atomic E-state index is 12.7. The van der Waals surface area contributed by atoms with Gasteiger partial charge in [-0.05, 0) is 49.2 Å². The van der Waals surface area contributed by atoms with E-state index in [0.717, 1.165) is 16.9 Å². The molecule has 156 valence electrons. The van der Waals surface area contributed by atoms with Crippen LogP contribution in [0.15, 0.2) is 42.6 Å². The fraction of sp³-hybridized carbons (Fsp3) is 0.227. The van der Waals surface area contributed by atoms with Crippen LogP contribution in [0.3, 0.4) is 0 Å². The number of carbonyl (C=O) groups excluding carboxylic acids is 2. The van der Waals surface area contributed by atoms with E-state index < -0.39 is 11.8 Å². The molecule has 0 radical (unpaired) electrons. The Hall–Kier alpha value is -3.81. The van der Waals surface area contributed by atoms with Crippen molar-refractivity contribution >= 4 is 17.5 Å². The normalized spacial score (nSPS) is 10.5. The minimum absolute atomic E-state index is 0.121. The number of aryl methyl sites for hydroxylation is 3. The van der Waals surface area contributed by atoms with Crippen molar-refractivity contribution in [3.05, 3.63) is 70.5 Å². The van der Waals surface area contributed by atoms with E-state index in [1.54, 1.807) is 32.4 Å². The lowest BCUT2D eigenvalue weighted by Crippen LogP contribution is -2.20. The molecule has 3 aromatic rings. The molecule has 0 aliphatic carbocycles. The molecular weight excluding hydrogens is 384 g/mol. The van der Waals surface area contributed by atoms with Gasteiger partial charge in [0.15, 0.2) is 0 Å². The lowest BCUT2D eigenvalue weighted by Gasteiger charge is -2.14. The number of rotatable bonds is 7. The Balaban J connectivity index is 1.82. The third-order valence-electron chi connectivity index (χ3n) is 4.69. The number of methoxy groups -OCH3 is 1. The topological polar surface area (TPSA) is 108 Å². The molecule has 0 aliphatic heterocycles. The van der Waals surface area contributed by atoms with E-state index in [9.17, 15) is 9.59 Å². The summed E-state index contributed by atoms with van der Waals surface area (Å²) in [5.41, 5.74) is 8.95. The molecule has 0 unspecified atom stereocenters. The first-order valence-corrected chi connectivity index (χ1v) is 9.30. The van der Waals surface area contributed by atoms with Gasteiger partial charge >= 0.3 is 0 Å². The van der Waals surface area contributed by atoms with Crippen LogP contribution >= 0.6 is 0 Å². The maximum absolute atomic E-state index is 12.7. The van der Waals surface area contributed by atoms with Crippen LogP contribution in [0.5, 0.6) is 11.5 Å². The molecule has 3 rings (SSSR count). The first-order chi connectivity index (χ1) is 14.3. The molecule has 0 saturated heterocycles. The second-order valence-electron chi connectivity index (χ2n) is 6.93. The standard InChI is InChI=1S/C22H24N4O4/c1-13-5-6-14(2)19(9-13)30-12-16-10-15(7-8-18(16)29-4)22(28)25-17-11-24-26(3)20(17)21(23)27/h5-11H,12H2,1-4H3,(H2,23,27)(H,25,28). The Morgan fingerprint density at radius 3 is 2.60 bits per heavy atom. The summed E-state index contributed by atoms with van der Waals surface area (Å²) in [6.45, 7) is 4.20. The first kappa shape index (κ1) is 20.9. The van der Waals surface area contributed by atoms with Gasteiger partial charge in [0.05, 0.1) is 19.0 Å². The van der Waals surface area contributed by atoms with E-state index in [4.69, 9.17) is 15.2 Å². The Kier molecular flexibility index (Phi) is 6.06. The molecule has 0 fully saturated rings. The molecule has 0 spiro atoms. The molecule has 8 heteroatoms. The number of ether oxygens (including phenoxy) is 2. The molecule has 2 amide bonds. The molecule has 2 aromatic carbocycles. The number of nitrogens with one attached hydrogen (secondary N) is 1. The summed E-state index contributed by atoms with van der Waals surface area (Å²) >= 11 is 0. The number of anilines is 1. The average molecular weight is 408 g/mol. The highest BCUT2D eigenvalue weighted by Gasteiger charge is 2.18. The summed E-state index contributed by atoms with van der Waals surface area (Å²) in [6, 6.07) is 11.0. The molecule has 0 bridgehead atoms. The molecule has 0 aliphatic rings. The SMILES string of the molecule is COc1ccc(C(=O)Nc2cnn(C)c2C(N)=O)cc1COc1cc(C)ccc1C. The highest BCUT2D eigenvalue weighted by atomic mass is 16.5.